The number of rotatable bonds is 7. The molecule has 0 heterocycles. The fourth-order valence-electron chi connectivity index (χ4n) is 2.63. The summed E-state index contributed by atoms with van der Waals surface area (Å²) in [6.45, 7) is 5.88. The van der Waals surface area contributed by atoms with Crippen LogP contribution in [0.15, 0.2) is 33.7 Å². The highest BCUT2D eigenvalue weighted by molar-refractivity contribution is 14.0. The van der Waals surface area contributed by atoms with Crippen molar-refractivity contribution in [3.8, 4) is 0 Å². The topological polar surface area (TPSA) is 65.5 Å². The summed E-state index contributed by atoms with van der Waals surface area (Å²) in [5, 5.41) is 9.55. The Morgan fingerprint density at radius 1 is 1.20 bits per heavy atom. The molecule has 3 N–H and O–H groups in total. The number of halogens is 2. The predicted octanol–water partition coefficient (Wildman–Crippen LogP) is 3.04. The average Bonchev–Trinajstić information content (AvgIpc) is 3.35. The number of carbonyl (C=O) groups is 1. The molecule has 0 saturated heterocycles. The maximum absolute atomic E-state index is 11.5. The highest BCUT2D eigenvalue weighted by Crippen LogP contribution is 2.49. The van der Waals surface area contributed by atoms with E-state index in [0.717, 1.165) is 12.5 Å². The Kier molecular flexibility index (Phi) is 9.20. The molecule has 1 aliphatic rings. The van der Waals surface area contributed by atoms with Gasteiger partial charge in [0.05, 0.1) is 0 Å². The Bertz CT molecular complexity index is 602. The Morgan fingerprint density at radius 3 is 2.40 bits per heavy atom. The van der Waals surface area contributed by atoms with Gasteiger partial charge in [0.15, 0.2) is 5.96 Å². The van der Waals surface area contributed by atoms with Gasteiger partial charge in [-0.3, -0.25) is 9.79 Å². The summed E-state index contributed by atoms with van der Waals surface area (Å²) in [7, 11) is 1.76. The van der Waals surface area contributed by atoms with Gasteiger partial charge in [0.2, 0.25) is 5.91 Å². The van der Waals surface area contributed by atoms with Crippen LogP contribution in [0.5, 0.6) is 0 Å². The lowest BCUT2D eigenvalue weighted by atomic mass is 9.96. The smallest absolute Gasteiger partial charge is 0.222 e. The van der Waals surface area contributed by atoms with Gasteiger partial charge in [0, 0.05) is 42.5 Å². The summed E-state index contributed by atoms with van der Waals surface area (Å²) < 4.78 is 1.17. The SMILES string of the molecule is CN=C(NCCNC(=O)C(C)C)NCC1(c2ccccc2Br)CC1.I. The molecule has 0 atom stereocenters. The summed E-state index contributed by atoms with van der Waals surface area (Å²) in [5.74, 6) is 0.860. The van der Waals surface area contributed by atoms with E-state index in [2.05, 4.69) is 55.1 Å². The summed E-state index contributed by atoms with van der Waals surface area (Å²) >= 11 is 3.66. The van der Waals surface area contributed by atoms with Gasteiger partial charge in [0.25, 0.3) is 0 Å². The van der Waals surface area contributed by atoms with Crippen LogP contribution in [0.1, 0.15) is 32.3 Å². The van der Waals surface area contributed by atoms with Gasteiger partial charge in [-0.05, 0) is 24.5 Å². The number of carbonyl (C=O) groups excluding carboxylic acids is 1. The van der Waals surface area contributed by atoms with Crippen LogP contribution >= 0.6 is 39.9 Å². The molecule has 25 heavy (non-hydrogen) atoms. The molecule has 1 aliphatic carbocycles. The van der Waals surface area contributed by atoms with Crippen LogP contribution in [-0.4, -0.2) is 38.5 Å². The third-order valence-corrected chi connectivity index (χ3v) is 5.05. The molecule has 7 heteroatoms. The van der Waals surface area contributed by atoms with Crippen molar-refractivity contribution in [2.75, 3.05) is 26.7 Å². The highest BCUT2D eigenvalue weighted by atomic mass is 127. The number of hydrogen-bond donors (Lipinski definition) is 3. The average molecular weight is 523 g/mol. The molecular formula is C18H28BrIN4O. The minimum absolute atomic E-state index is 0. The van der Waals surface area contributed by atoms with E-state index in [0.29, 0.717) is 13.1 Å². The standard InChI is InChI=1S/C18H27BrN4O.HI/c1-13(2)16(24)21-10-11-22-17(20-3)23-12-18(8-9-18)14-6-4-5-7-15(14)19;/h4-7,13H,8-12H2,1-3H3,(H,21,24)(H2,20,22,23);1H. The van der Waals surface area contributed by atoms with E-state index < -0.39 is 0 Å². The second-order valence-corrected chi connectivity index (χ2v) is 7.41. The first-order valence-electron chi connectivity index (χ1n) is 8.46. The molecule has 1 amide bonds. The first kappa shape index (κ1) is 22.2. The van der Waals surface area contributed by atoms with Gasteiger partial charge in [-0.25, -0.2) is 0 Å². The van der Waals surface area contributed by atoms with Gasteiger partial charge in [-0.15, -0.1) is 24.0 Å². The van der Waals surface area contributed by atoms with Crippen molar-refractivity contribution in [1.82, 2.24) is 16.0 Å². The zero-order valence-electron chi connectivity index (χ0n) is 15.1. The predicted molar refractivity (Wildman–Crippen MR) is 118 cm³/mol. The monoisotopic (exact) mass is 522 g/mol. The Morgan fingerprint density at radius 2 is 1.84 bits per heavy atom. The van der Waals surface area contributed by atoms with Gasteiger partial charge in [0.1, 0.15) is 0 Å². The van der Waals surface area contributed by atoms with Crippen LogP contribution in [0.2, 0.25) is 0 Å². The molecule has 0 unspecified atom stereocenters. The Hall–Kier alpha value is -0.830. The van der Waals surface area contributed by atoms with Crippen molar-refractivity contribution in [2.24, 2.45) is 10.9 Å². The number of nitrogens with zero attached hydrogens (tertiary/aromatic N) is 1. The molecule has 0 aliphatic heterocycles. The van der Waals surface area contributed by atoms with E-state index in [1.165, 1.54) is 22.9 Å². The van der Waals surface area contributed by atoms with Crippen LogP contribution in [0.3, 0.4) is 0 Å². The zero-order chi connectivity index (χ0) is 17.6. The third kappa shape index (κ3) is 6.44. The molecule has 0 radical (unpaired) electrons. The summed E-state index contributed by atoms with van der Waals surface area (Å²) in [6.07, 6.45) is 2.37. The van der Waals surface area contributed by atoms with E-state index in [9.17, 15) is 4.79 Å². The Balaban J connectivity index is 0.00000312. The fourth-order valence-corrected chi connectivity index (χ4v) is 3.33. The van der Waals surface area contributed by atoms with Crippen LogP contribution in [0.25, 0.3) is 0 Å². The minimum atomic E-state index is 0. The molecule has 1 aromatic carbocycles. The van der Waals surface area contributed by atoms with Crippen molar-refractivity contribution in [3.63, 3.8) is 0 Å². The summed E-state index contributed by atoms with van der Waals surface area (Å²) in [6, 6.07) is 8.42. The van der Waals surface area contributed by atoms with E-state index >= 15 is 0 Å². The first-order valence-corrected chi connectivity index (χ1v) is 9.25. The van der Waals surface area contributed by atoms with Crippen molar-refractivity contribution in [3.05, 3.63) is 34.3 Å². The van der Waals surface area contributed by atoms with Crippen molar-refractivity contribution < 1.29 is 4.79 Å². The van der Waals surface area contributed by atoms with Gasteiger partial charge >= 0.3 is 0 Å². The van der Waals surface area contributed by atoms with E-state index in [1.54, 1.807) is 7.05 Å². The molecule has 1 saturated carbocycles. The highest BCUT2D eigenvalue weighted by Gasteiger charge is 2.45. The lowest BCUT2D eigenvalue weighted by Gasteiger charge is -2.20. The van der Waals surface area contributed by atoms with Crippen molar-refractivity contribution in [1.29, 1.82) is 0 Å². The second kappa shape index (κ2) is 10.4. The van der Waals surface area contributed by atoms with Gasteiger partial charge < -0.3 is 16.0 Å². The number of nitrogens with one attached hydrogen (secondary N) is 3. The maximum Gasteiger partial charge on any atom is 0.222 e. The maximum atomic E-state index is 11.5. The van der Waals surface area contributed by atoms with Crippen LogP contribution in [-0.2, 0) is 10.2 Å². The molecule has 0 spiro atoms. The molecule has 0 aromatic heterocycles. The molecule has 140 valence electrons. The van der Waals surface area contributed by atoms with Crippen molar-refractivity contribution in [2.45, 2.75) is 32.1 Å². The lowest BCUT2D eigenvalue weighted by molar-refractivity contribution is -0.123. The van der Waals surface area contributed by atoms with Crippen molar-refractivity contribution >= 4 is 51.8 Å². The molecule has 2 rings (SSSR count). The zero-order valence-corrected chi connectivity index (χ0v) is 19.0. The van der Waals surface area contributed by atoms with E-state index in [1.807, 2.05) is 19.9 Å². The lowest BCUT2D eigenvalue weighted by Crippen LogP contribution is -2.44. The van der Waals surface area contributed by atoms with Gasteiger partial charge in [-0.1, -0.05) is 48.0 Å². The van der Waals surface area contributed by atoms with Crippen LogP contribution < -0.4 is 16.0 Å². The molecule has 1 fully saturated rings. The third-order valence-electron chi connectivity index (χ3n) is 4.36. The number of guanidine groups is 1. The Labute approximate surface area is 176 Å². The number of aliphatic imine (C=N–C) groups is 1. The molecular weight excluding hydrogens is 495 g/mol. The first-order chi connectivity index (χ1) is 11.5. The summed E-state index contributed by atoms with van der Waals surface area (Å²) in [4.78, 5) is 15.8. The molecule has 5 nitrogen and oxygen atoms in total. The number of hydrogen-bond acceptors (Lipinski definition) is 2. The van der Waals surface area contributed by atoms with Gasteiger partial charge in [-0.2, -0.15) is 0 Å². The second-order valence-electron chi connectivity index (χ2n) is 6.56. The molecule has 0 bridgehead atoms. The summed E-state index contributed by atoms with van der Waals surface area (Å²) in [5.41, 5.74) is 1.56. The quantitative estimate of drug-likeness (QED) is 0.223. The number of benzene rings is 1. The fraction of sp³-hybridized carbons (Fsp3) is 0.556. The largest absolute Gasteiger partial charge is 0.356 e. The van der Waals surface area contributed by atoms with E-state index in [4.69, 9.17) is 0 Å². The van der Waals surface area contributed by atoms with Crippen LogP contribution in [0, 0.1) is 5.92 Å². The normalized spacial score (nSPS) is 15.3. The number of amides is 1. The van der Waals surface area contributed by atoms with Crippen LogP contribution in [0.4, 0.5) is 0 Å². The van der Waals surface area contributed by atoms with E-state index in [-0.39, 0.29) is 41.2 Å². The molecule has 1 aromatic rings. The minimum Gasteiger partial charge on any atom is -0.356 e.